The van der Waals surface area contributed by atoms with Crippen molar-refractivity contribution in [3.8, 4) is 0 Å². The molecule has 1 aromatic rings. The summed E-state index contributed by atoms with van der Waals surface area (Å²) >= 11 is 0. The van der Waals surface area contributed by atoms with Crippen molar-refractivity contribution in [2.45, 2.75) is 31.7 Å². The van der Waals surface area contributed by atoms with E-state index in [1.807, 2.05) is 20.8 Å². The van der Waals surface area contributed by atoms with Gasteiger partial charge in [-0.05, 0) is 26.8 Å². The molecule has 1 rings (SSSR count). The van der Waals surface area contributed by atoms with Crippen molar-refractivity contribution in [2.24, 2.45) is 5.14 Å². The largest absolute Gasteiger partial charge is 0.459 e. The fourth-order valence-electron chi connectivity index (χ4n) is 1.61. The lowest BCUT2D eigenvalue weighted by atomic mass is 10.3. The Bertz CT molecular complexity index is 562. The van der Waals surface area contributed by atoms with Crippen LogP contribution in [-0.4, -0.2) is 38.8 Å². The average Bonchev–Trinajstić information content (AvgIpc) is 2.79. The van der Waals surface area contributed by atoms with Crippen LogP contribution in [0.3, 0.4) is 0 Å². The molecule has 0 aliphatic carbocycles. The molecule has 8 heteroatoms. The molecule has 20 heavy (non-hydrogen) atoms. The Morgan fingerprint density at radius 3 is 2.55 bits per heavy atom. The predicted octanol–water partition coefficient (Wildman–Crippen LogP) is 0.910. The monoisotopic (exact) mass is 304 g/mol. The van der Waals surface area contributed by atoms with Gasteiger partial charge in [-0.2, -0.15) is 0 Å². The highest BCUT2D eigenvalue weighted by Crippen LogP contribution is 2.18. The molecule has 2 N–H and O–H groups in total. The van der Waals surface area contributed by atoms with Gasteiger partial charge in [-0.15, -0.1) is 0 Å². The number of rotatable bonds is 7. The molecular weight excluding hydrogens is 284 g/mol. The summed E-state index contributed by atoms with van der Waals surface area (Å²) in [6.45, 7) is 6.43. The quantitative estimate of drug-likeness (QED) is 0.596. The Hall–Kier alpha value is -1.38. The Kier molecular flexibility index (Phi) is 5.73. The van der Waals surface area contributed by atoms with Gasteiger partial charge in [0, 0.05) is 18.8 Å². The van der Waals surface area contributed by atoms with E-state index in [0.29, 0.717) is 13.2 Å². The van der Waals surface area contributed by atoms with Crippen molar-refractivity contribution in [3.05, 3.63) is 18.0 Å². The first kappa shape index (κ1) is 16.7. The maximum Gasteiger partial charge on any atom is 0.355 e. The molecule has 7 nitrogen and oxygen atoms in total. The van der Waals surface area contributed by atoms with Crippen molar-refractivity contribution in [1.29, 1.82) is 0 Å². The number of carbonyl (C=O) groups is 1. The summed E-state index contributed by atoms with van der Waals surface area (Å²) in [5.41, 5.74) is 0.153. The topological polar surface area (TPSA) is 101 Å². The third-order valence-electron chi connectivity index (χ3n) is 2.58. The zero-order valence-corrected chi connectivity index (χ0v) is 12.6. The Balaban J connectivity index is 2.92. The predicted molar refractivity (Wildman–Crippen MR) is 73.0 cm³/mol. The Morgan fingerprint density at radius 1 is 1.40 bits per heavy atom. The molecule has 0 fully saturated rings. The van der Waals surface area contributed by atoms with Crippen molar-refractivity contribution in [1.82, 2.24) is 4.57 Å². The van der Waals surface area contributed by atoms with E-state index in [1.54, 1.807) is 0 Å². The molecule has 0 bridgehead atoms. The first-order chi connectivity index (χ1) is 9.27. The lowest BCUT2D eigenvalue weighted by Gasteiger charge is -2.12. The third kappa shape index (κ3) is 4.32. The number of primary sulfonamides is 1. The van der Waals surface area contributed by atoms with Crippen LogP contribution in [-0.2, 0) is 19.5 Å². The second-order valence-electron chi connectivity index (χ2n) is 4.44. The van der Waals surface area contributed by atoms with E-state index in [-0.39, 0.29) is 23.2 Å². The van der Waals surface area contributed by atoms with Crippen molar-refractivity contribution in [3.63, 3.8) is 0 Å². The van der Waals surface area contributed by atoms with E-state index in [1.165, 1.54) is 16.8 Å². The molecule has 0 atom stereocenters. The molecule has 0 aliphatic heterocycles. The van der Waals surface area contributed by atoms with Crippen LogP contribution in [0.2, 0.25) is 0 Å². The van der Waals surface area contributed by atoms with Gasteiger partial charge < -0.3 is 14.0 Å². The zero-order valence-electron chi connectivity index (χ0n) is 11.8. The molecule has 0 saturated carbocycles. The number of sulfonamides is 1. The molecule has 0 radical (unpaired) electrons. The normalized spacial score (nSPS) is 11.8. The van der Waals surface area contributed by atoms with E-state index in [0.717, 1.165) is 0 Å². The number of ether oxygens (including phenoxy) is 2. The maximum absolute atomic E-state index is 11.9. The van der Waals surface area contributed by atoms with E-state index in [2.05, 4.69) is 0 Å². The summed E-state index contributed by atoms with van der Waals surface area (Å²) in [4.78, 5) is 11.8. The number of hydrogen-bond donors (Lipinski definition) is 1. The van der Waals surface area contributed by atoms with Gasteiger partial charge in [0.1, 0.15) is 17.2 Å². The summed E-state index contributed by atoms with van der Waals surface area (Å²) in [7, 11) is -3.85. The van der Waals surface area contributed by atoms with Crippen LogP contribution < -0.4 is 5.14 Å². The summed E-state index contributed by atoms with van der Waals surface area (Å²) < 4.78 is 34.3. The number of hydrogen-bond acceptors (Lipinski definition) is 5. The van der Waals surface area contributed by atoms with Crippen LogP contribution in [0.25, 0.3) is 0 Å². The second-order valence-corrected chi connectivity index (χ2v) is 6.00. The highest BCUT2D eigenvalue weighted by molar-refractivity contribution is 7.89. The van der Waals surface area contributed by atoms with Crippen molar-refractivity contribution >= 4 is 16.0 Å². The molecule has 0 aromatic carbocycles. The molecule has 1 aromatic heterocycles. The average molecular weight is 304 g/mol. The highest BCUT2D eigenvalue weighted by Gasteiger charge is 2.21. The van der Waals surface area contributed by atoms with Crippen LogP contribution in [0.5, 0.6) is 0 Å². The lowest BCUT2D eigenvalue weighted by Crippen LogP contribution is -2.15. The molecule has 0 unspecified atom stereocenters. The molecule has 114 valence electrons. The second kappa shape index (κ2) is 6.87. The minimum atomic E-state index is -3.85. The number of nitrogens with zero attached hydrogens (tertiary/aromatic N) is 1. The lowest BCUT2D eigenvalue weighted by molar-refractivity contribution is 0.0323. The van der Waals surface area contributed by atoms with Gasteiger partial charge in [-0.3, -0.25) is 0 Å². The number of carbonyl (C=O) groups excluding carboxylic acids is 1. The van der Waals surface area contributed by atoms with Gasteiger partial charge >= 0.3 is 5.97 Å². The summed E-state index contributed by atoms with van der Waals surface area (Å²) in [5, 5.41) is 5.07. The number of nitrogens with two attached hydrogens (primary N) is 1. The number of aromatic nitrogens is 1. The van der Waals surface area contributed by atoms with Gasteiger partial charge in [-0.1, -0.05) is 0 Å². The molecular formula is C12H20N2O5S. The van der Waals surface area contributed by atoms with E-state index in [4.69, 9.17) is 14.6 Å². The van der Waals surface area contributed by atoms with Crippen molar-refractivity contribution < 1.29 is 22.7 Å². The minimum absolute atomic E-state index is 0.0973. The van der Waals surface area contributed by atoms with Gasteiger partial charge in [0.25, 0.3) is 0 Å². The van der Waals surface area contributed by atoms with Gasteiger partial charge in [0.05, 0.1) is 6.61 Å². The summed E-state index contributed by atoms with van der Waals surface area (Å²) in [5.74, 6) is -0.603. The SMILES string of the molecule is CCOCCOC(=O)c1cc(S(N)(=O)=O)cn1C(C)C. The van der Waals surface area contributed by atoms with Crippen LogP contribution in [0, 0.1) is 0 Å². The van der Waals surface area contributed by atoms with Gasteiger partial charge in [0.15, 0.2) is 0 Å². The van der Waals surface area contributed by atoms with E-state index < -0.39 is 16.0 Å². The maximum atomic E-state index is 11.9. The van der Waals surface area contributed by atoms with Crippen LogP contribution >= 0.6 is 0 Å². The molecule has 0 aliphatic rings. The fraction of sp³-hybridized carbons (Fsp3) is 0.583. The Labute approximate surface area is 118 Å². The first-order valence-electron chi connectivity index (χ1n) is 6.27. The Morgan fingerprint density at radius 2 is 2.05 bits per heavy atom. The highest BCUT2D eigenvalue weighted by atomic mass is 32.2. The van der Waals surface area contributed by atoms with Gasteiger partial charge in [0.2, 0.25) is 10.0 Å². The minimum Gasteiger partial charge on any atom is -0.459 e. The van der Waals surface area contributed by atoms with Gasteiger partial charge in [-0.25, -0.2) is 18.4 Å². The molecule has 0 spiro atoms. The van der Waals surface area contributed by atoms with Crippen molar-refractivity contribution in [2.75, 3.05) is 19.8 Å². The zero-order chi connectivity index (χ0) is 15.3. The first-order valence-corrected chi connectivity index (χ1v) is 7.81. The van der Waals surface area contributed by atoms with E-state index >= 15 is 0 Å². The molecule has 0 saturated heterocycles. The molecule has 1 heterocycles. The van der Waals surface area contributed by atoms with Crippen LogP contribution in [0.4, 0.5) is 0 Å². The summed E-state index contributed by atoms with van der Waals surface area (Å²) in [6.07, 6.45) is 1.33. The fourth-order valence-corrected chi connectivity index (χ4v) is 2.15. The van der Waals surface area contributed by atoms with E-state index in [9.17, 15) is 13.2 Å². The van der Waals surface area contributed by atoms with Crippen LogP contribution in [0.1, 0.15) is 37.3 Å². The van der Waals surface area contributed by atoms with Crippen LogP contribution in [0.15, 0.2) is 17.2 Å². The summed E-state index contributed by atoms with van der Waals surface area (Å²) in [6, 6.07) is 1.12. The third-order valence-corrected chi connectivity index (χ3v) is 3.46. The molecule has 0 amide bonds. The smallest absolute Gasteiger partial charge is 0.355 e. The standard InChI is InChI=1S/C12H20N2O5S/c1-4-18-5-6-19-12(15)11-7-10(20(13,16)17)8-14(11)9(2)3/h7-9H,4-6H2,1-3H3,(H2,13,16,17). The number of esters is 1.